The van der Waals surface area contributed by atoms with Gasteiger partial charge in [-0.1, -0.05) is 15.9 Å². The highest BCUT2D eigenvalue weighted by molar-refractivity contribution is 9.10. The molecule has 0 heterocycles. The van der Waals surface area contributed by atoms with Gasteiger partial charge in [0.2, 0.25) is 0 Å². The number of hydrogen-bond donors (Lipinski definition) is 0. The van der Waals surface area contributed by atoms with Crippen molar-refractivity contribution in [2.24, 2.45) is 0 Å². The van der Waals surface area contributed by atoms with Crippen LogP contribution < -0.4 is 4.74 Å². The Hall–Kier alpha value is -1.25. The number of carbonyl (C=O) groups excluding carboxylic acids is 1. The predicted octanol–water partition coefficient (Wildman–Crippen LogP) is 4.57. The molecule has 0 spiro atoms. The molecule has 0 aliphatic carbocycles. The van der Waals surface area contributed by atoms with E-state index >= 15 is 0 Å². The van der Waals surface area contributed by atoms with Crippen LogP contribution in [0.1, 0.15) is 22.8 Å². The molecule has 2 nitrogen and oxygen atoms in total. The summed E-state index contributed by atoms with van der Waals surface area (Å²) in [5.41, 5.74) is -1.92. The van der Waals surface area contributed by atoms with Crippen LogP contribution in [0.2, 0.25) is 0 Å². The maximum absolute atomic E-state index is 12.5. The number of halogens is 7. The predicted molar refractivity (Wildman–Crippen MR) is 60.8 cm³/mol. The van der Waals surface area contributed by atoms with Crippen LogP contribution >= 0.6 is 15.9 Å². The first kappa shape index (κ1) is 16.8. The lowest BCUT2D eigenvalue weighted by Crippen LogP contribution is -2.21. The Morgan fingerprint density at radius 3 is 2.15 bits per heavy atom. The van der Waals surface area contributed by atoms with E-state index in [0.717, 1.165) is 0 Å². The van der Waals surface area contributed by atoms with E-state index in [-0.39, 0.29) is 6.07 Å². The number of Topliss-reactive ketones (excluding diaryl/α,β-unsaturated/α-hetero) is 1. The van der Waals surface area contributed by atoms with E-state index in [0.29, 0.717) is 12.1 Å². The fourth-order valence-corrected chi connectivity index (χ4v) is 1.57. The fraction of sp³-hybridized carbons (Fsp3) is 0.364. The van der Waals surface area contributed by atoms with E-state index in [1.54, 1.807) is 0 Å². The van der Waals surface area contributed by atoms with Gasteiger partial charge in [-0.15, -0.1) is 13.2 Å². The maximum atomic E-state index is 12.5. The normalized spacial score (nSPS) is 14.0. The molecule has 0 aromatic heterocycles. The van der Waals surface area contributed by atoms with E-state index in [1.165, 1.54) is 6.92 Å². The van der Waals surface area contributed by atoms with E-state index in [9.17, 15) is 31.1 Å². The summed E-state index contributed by atoms with van der Waals surface area (Å²) in [6, 6.07) is 1.33. The minimum absolute atomic E-state index is 0.149. The van der Waals surface area contributed by atoms with Gasteiger partial charge in [-0.3, -0.25) is 4.79 Å². The van der Waals surface area contributed by atoms with Crippen molar-refractivity contribution >= 4 is 21.7 Å². The van der Waals surface area contributed by atoms with E-state index < -0.39 is 40.0 Å². The van der Waals surface area contributed by atoms with Crippen LogP contribution in [0.3, 0.4) is 0 Å². The molecule has 0 aliphatic rings. The van der Waals surface area contributed by atoms with Gasteiger partial charge in [0.1, 0.15) is 5.75 Å². The number of ketones is 1. The molecule has 0 radical (unpaired) electrons. The molecule has 0 amide bonds. The lowest BCUT2D eigenvalue weighted by atomic mass is 10.0. The first-order valence-electron chi connectivity index (χ1n) is 5.07. The van der Waals surface area contributed by atoms with Gasteiger partial charge in [0.25, 0.3) is 0 Å². The summed E-state index contributed by atoms with van der Waals surface area (Å²) in [4.78, 5) is 10.8. The van der Waals surface area contributed by atoms with Crippen LogP contribution in [-0.2, 0) is 6.18 Å². The largest absolute Gasteiger partial charge is 0.573 e. The van der Waals surface area contributed by atoms with Crippen molar-refractivity contribution in [3.63, 3.8) is 0 Å². The third kappa shape index (κ3) is 4.39. The molecule has 0 aliphatic heterocycles. The molecule has 0 bridgehead atoms. The molecule has 0 N–H and O–H groups in total. The summed E-state index contributed by atoms with van der Waals surface area (Å²) >= 11 is 2.84. The minimum atomic E-state index is -5.20. The van der Waals surface area contributed by atoms with Crippen molar-refractivity contribution in [2.45, 2.75) is 24.3 Å². The summed E-state index contributed by atoms with van der Waals surface area (Å²) in [7, 11) is 0. The van der Waals surface area contributed by atoms with Crippen molar-refractivity contribution in [3.05, 3.63) is 29.3 Å². The van der Waals surface area contributed by atoms with E-state index in [4.69, 9.17) is 0 Å². The van der Waals surface area contributed by atoms with Crippen LogP contribution in [0.4, 0.5) is 26.3 Å². The number of carbonyl (C=O) groups is 1. The van der Waals surface area contributed by atoms with Crippen LogP contribution in [0, 0.1) is 0 Å². The van der Waals surface area contributed by atoms with Crippen LogP contribution in [0.25, 0.3) is 0 Å². The van der Waals surface area contributed by atoms with Gasteiger partial charge in [0, 0.05) is 0 Å². The number of ether oxygens (including phenoxy) is 1. The van der Waals surface area contributed by atoms with Crippen molar-refractivity contribution in [2.75, 3.05) is 0 Å². The second kappa shape index (κ2) is 5.63. The van der Waals surface area contributed by atoms with Gasteiger partial charge in [0.15, 0.2) is 5.78 Å². The molecule has 0 fully saturated rings. The minimum Gasteiger partial charge on any atom is -0.405 e. The topological polar surface area (TPSA) is 26.3 Å². The maximum Gasteiger partial charge on any atom is 0.573 e. The molecular weight excluding hydrogens is 358 g/mol. The molecule has 1 aromatic rings. The lowest BCUT2D eigenvalue weighted by Gasteiger charge is -2.15. The zero-order chi connectivity index (χ0) is 15.7. The Balaban J connectivity index is 3.34. The third-order valence-corrected chi connectivity index (χ3v) is 2.58. The van der Waals surface area contributed by atoms with Gasteiger partial charge in [0.05, 0.1) is 16.0 Å². The monoisotopic (exact) mass is 364 g/mol. The summed E-state index contributed by atoms with van der Waals surface area (Å²) in [6.07, 6.45) is -10.0. The van der Waals surface area contributed by atoms with Gasteiger partial charge in [-0.05, 0) is 25.1 Å². The van der Waals surface area contributed by atoms with Gasteiger partial charge < -0.3 is 4.74 Å². The lowest BCUT2D eigenvalue weighted by molar-refractivity contribution is -0.274. The number of alkyl halides is 7. The van der Waals surface area contributed by atoms with E-state index in [2.05, 4.69) is 20.7 Å². The Morgan fingerprint density at radius 1 is 1.20 bits per heavy atom. The fourth-order valence-electron chi connectivity index (χ4n) is 1.33. The first-order valence-corrected chi connectivity index (χ1v) is 5.98. The Labute approximate surface area is 117 Å². The first-order chi connectivity index (χ1) is 8.92. The number of hydrogen-bond acceptors (Lipinski definition) is 2. The SMILES string of the molecule is CC(Br)C(=O)c1ccc(C(F)(F)F)cc1OC(F)(F)F. The molecule has 20 heavy (non-hydrogen) atoms. The van der Waals surface area contributed by atoms with Crippen LogP contribution in [0.15, 0.2) is 18.2 Å². The van der Waals surface area contributed by atoms with Gasteiger partial charge in [-0.2, -0.15) is 13.2 Å². The highest BCUT2D eigenvalue weighted by atomic mass is 79.9. The van der Waals surface area contributed by atoms with Crippen molar-refractivity contribution in [3.8, 4) is 5.75 Å². The molecule has 1 atom stereocenters. The summed E-state index contributed by atoms with van der Waals surface area (Å²) < 4.78 is 77.4. The molecule has 0 saturated heterocycles. The van der Waals surface area contributed by atoms with Crippen molar-refractivity contribution in [1.29, 1.82) is 0 Å². The third-order valence-electron chi connectivity index (χ3n) is 2.16. The summed E-state index contributed by atoms with van der Waals surface area (Å²) in [5, 5.41) is 0. The number of benzene rings is 1. The van der Waals surface area contributed by atoms with Crippen molar-refractivity contribution < 1.29 is 35.9 Å². The zero-order valence-electron chi connectivity index (χ0n) is 9.77. The van der Waals surface area contributed by atoms with Crippen molar-refractivity contribution in [1.82, 2.24) is 0 Å². The highest BCUT2D eigenvalue weighted by Crippen LogP contribution is 2.35. The second-order valence-electron chi connectivity index (χ2n) is 3.74. The van der Waals surface area contributed by atoms with Crippen LogP contribution in [-0.4, -0.2) is 17.0 Å². The molecule has 9 heteroatoms. The molecule has 0 saturated carbocycles. The Bertz CT molecular complexity index is 507. The van der Waals surface area contributed by atoms with Gasteiger partial charge >= 0.3 is 12.5 Å². The van der Waals surface area contributed by atoms with Gasteiger partial charge in [-0.25, -0.2) is 0 Å². The standard InChI is InChI=1S/C11H7BrF6O2/c1-5(12)9(19)7-3-2-6(10(13,14)15)4-8(7)20-11(16,17)18/h2-5H,1H3. The highest BCUT2D eigenvalue weighted by Gasteiger charge is 2.36. The Kier molecular flexibility index (Phi) is 4.73. The Morgan fingerprint density at radius 2 is 1.75 bits per heavy atom. The molecule has 1 unspecified atom stereocenters. The zero-order valence-corrected chi connectivity index (χ0v) is 11.4. The average Bonchev–Trinajstić information content (AvgIpc) is 2.24. The number of rotatable bonds is 3. The smallest absolute Gasteiger partial charge is 0.405 e. The van der Waals surface area contributed by atoms with Crippen LogP contribution in [0.5, 0.6) is 5.75 Å². The molecule has 1 aromatic carbocycles. The molecule has 1 rings (SSSR count). The van der Waals surface area contributed by atoms with E-state index in [1.807, 2.05) is 0 Å². The quantitative estimate of drug-likeness (QED) is 0.446. The average molecular weight is 365 g/mol. The molecular formula is C11H7BrF6O2. The molecule has 112 valence electrons. The summed E-state index contributed by atoms with van der Waals surface area (Å²) in [6.45, 7) is 1.33. The summed E-state index contributed by atoms with van der Waals surface area (Å²) in [5.74, 6) is -2.00. The second-order valence-corrected chi connectivity index (χ2v) is 5.11.